The molecule has 1 aliphatic rings. The number of thiol groups is 1. The summed E-state index contributed by atoms with van der Waals surface area (Å²) in [5.74, 6) is 0. The Morgan fingerprint density at radius 3 is 2.38 bits per heavy atom. The molecule has 1 nitrogen and oxygen atoms in total. The van der Waals surface area contributed by atoms with Crippen LogP contribution in [0.25, 0.3) is 0 Å². The third-order valence-corrected chi connectivity index (χ3v) is 3.39. The van der Waals surface area contributed by atoms with Crippen molar-refractivity contribution in [2.45, 2.75) is 4.75 Å². The molecule has 0 spiro atoms. The normalized spacial score (nSPS) is 19.6. The van der Waals surface area contributed by atoms with Gasteiger partial charge in [-0.25, -0.2) is 0 Å². The van der Waals surface area contributed by atoms with E-state index in [0.29, 0.717) is 23.3 Å². The summed E-state index contributed by atoms with van der Waals surface area (Å²) in [4.78, 5) is 0. The highest BCUT2D eigenvalue weighted by Gasteiger charge is 2.36. The molecule has 0 aromatic heterocycles. The van der Waals surface area contributed by atoms with Crippen molar-refractivity contribution in [3.63, 3.8) is 0 Å². The fraction of sp³-hybridized carbons (Fsp3) is 0.333. The fourth-order valence-electron chi connectivity index (χ4n) is 1.25. The van der Waals surface area contributed by atoms with Crippen LogP contribution < -0.4 is 0 Å². The van der Waals surface area contributed by atoms with Gasteiger partial charge in [-0.15, -0.1) is 0 Å². The van der Waals surface area contributed by atoms with Gasteiger partial charge in [-0.2, -0.15) is 12.6 Å². The molecule has 0 unspecified atom stereocenters. The topological polar surface area (TPSA) is 9.23 Å². The van der Waals surface area contributed by atoms with Crippen LogP contribution in [-0.4, -0.2) is 13.2 Å². The van der Waals surface area contributed by atoms with Crippen molar-refractivity contribution in [1.29, 1.82) is 0 Å². The smallest absolute Gasteiger partial charge is 0.0845 e. The molecule has 1 heterocycles. The van der Waals surface area contributed by atoms with Crippen molar-refractivity contribution in [3.05, 3.63) is 33.8 Å². The molecule has 4 heteroatoms. The van der Waals surface area contributed by atoms with Crippen LogP contribution in [0.4, 0.5) is 0 Å². The Hall–Kier alpha value is 0.110. The van der Waals surface area contributed by atoms with E-state index >= 15 is 0 Å². The largest absolute Gasteiger partial charge is 0.378 e. The molecule has 0 radical (unpaired) electrons. The highest BCUT2D eigenvalue weighted by molar-refractivity contribution is 7.81. The van der Waals surface area contributed by atoms with Crippen molar-refractivity contribution >= 4 is 35.8 Å². The molecule has 1 saturated heterocycles. The molecule has 0 atom stereocenters. The van der Waals surface area contributed by atoms with Gasteiger partial charge in [-0.3, -0.25) is 0 Å². The molecule has 0 saturated carbocycles. The lowest BCUT2D eigenvalue weighted by Gasteiger charge is -2.37. The minimum Gasteiger partial charge on any atom is -0.378 e. The van der Waals surface area contributed by atoms with E-state index < -0.39 is 0 Å². The average molecular weight is 235 g/mol. The Labute approximate surface area is 92.4 Å². The molecular formula is C9H8Cl2OS. The third-order valence-electron chi connectivity index (χ3n) is 2.14. The zero-order valence-electron chi connectivity index (χ0n) is 6.76. The molecule has 2 rings (SSSR count). The molecule has 0 amide bonds. The number of ether oxygens (including phenoxy) is 1. The second-order valence-electron chi connectivity index (χ2n) is 3.15. The summed E-state index contributed by atoms with van der Waals surface area (Å²) in [6.07, 6.45) is 0. The Morgan fingerprint density at radius 2 is 1.92 bits per heavy atom. The Kier molecular flexibility index (Phi) is 2.49. The molecule has 13 heavy (non-hydrogen) atoms. The van der Waals surface area contributed by atoms with Gasteiger partial charge >= 0.3 is 0 Å². The summed E-state index contributed by atoms with van der Waals surface area (Å²) in [7, 11) is 0. The third kappa shape index (κ3) is 1.68. The Bertz CT molecular complexity index is 336. The lowest BCUT2D eigenvalue weighted by atomic mass is 9.96. The summed E-state index contributed by atoms with van der Waals surface area (Å²) in [5, 5.41) is 1.14. The van der Waals surface area contributed by atoms with Crippen molar-refractivity contribution in [2.75, 3.05) is 13.2 Å². The van der Waals surface area contributed by atoms with E-state index in [1.807, 2.05) is 12.1 Å². The predicted octanol–water partition coefficient (Wildman–Crippen LogP) is 3.15. The highest BCUT2D eigenvalue weighted by Crippen LogP contribution is 2.38. The van der Waals surface area contributed by atoms with E-state index in [9.17, 15) is 0 Å². The zero-order chi connectivity index (χ0) is 9.47. The van der Waals surface area contributed by atoms with Crippen molar-refractivity contribution < 1.29 is 4.74 Å². The summed E-state index contributed by atoms with van der Waals surface area (Å²) in [6.45, 7) is 1.27. The van der Waals surface area contributed by atoms with Gasteiger partial charge in [0.05, 0.1) is 28.0 Å². The van der Waals surface area contributed by atoms with E-state index in [-0.39, 0.29) is 4.75 Å². The van der Waals surface area contributed by atoms with Gasteiger partial charge in [0.25, 0.3) is 0 Å². The van der Waals surface area contributed by atoms with Crippen molar-refractivity contribution in [1.82, 2.24) is 0 Å². The lowest BCUT2D eigenvalue weighted by Crippen LogP contribution is -2.41. The monoisotopic (exact) mass is 234 g/mol. The number of hydrogen-bond donors (Lipinski definition) is 1. The van der Waals surface area contributed by atoms with Crippen LogP contribution in [0, 0.1) is 0 Å². The number of benzene rings is 1. The van der Waals surface area contributed by atoms with Gasteiger partial charge < -0.3 is 4.74 Å². The Balaban J connectivity index is 2.36. The van der Waals surface area contributed by atoms with E-state index in [2.05, 4.69) is 12.6 Å². The van der Waals surface area contributed by atoms with Gasteiger partial charge in [0.1, 0.15) is 0 Å². The maximum absolute atomic E-state index is 5.89. The molecule has 1 aromatic carbocycles. The first kappa shape index (κ1) is 9.66. The molecule has 70 valence electrons. The standard InChI is InChI=1S/C9H8Cl2OS/c10-7-2-1-6(3-8(7)11)9(13)4-12-5-9/h1-3,13H,4-5H2. The first-order valence-electron chi connectivity index (χ1n) is 3.87. The minimum atomic E-state index is -0.172. The molecular weight excluding hydrogens is 227 g/mol. The van der Waals surface area contributed by atoms with E-state index in [1.165, 1.54) is 0 Å². The van der Waals surface area contributed by atoms with Crippen LogP contribution in [-0.2, 0) is 9.48 Å². The lowest BCUT2D eigenvalue weighted by molar-refractivity contribution is -0.00968. The Morgan fingerprint density at radius 1 is 1.23 bits per heavy atom. The van der Waals surface area contributed by atoms with E-state index in [4.69, 9.17) is 27.9 Å². The zero-order valence-corrected chi connectivity index (χ0v) is 9.16. The first-order chi connectivity index (χ1) is 6.12. The summed E-state index contributed by atoms with van der Waals surface area (Å²) in [6, 6.07) is 5.57. The van der Waals surface area contributed by atoms with Crippen LogP contribution in [0.3, 0.4) is 0 Å². The number of rotatable bonds is 1. The molecule has 0 aliphatic carbocycles. The van der Waals surface area contributed by atoms with Gasteiger partial charge in [0, 0.05) is 0 Å². The quantitative estimate of drug-likeness (QED) is 0.735. The van der Waals surface area contributed by atoms with Gasteiger partial charge in [-0.05, 0) is 17.7 Å². The van der Waals surface area contributed by atoms with Gasteiger partial charge in [0.2, 0.25) is 0 Å². The maximum atomic E-state index is 5.89. The highest BCUT2D eigenvalue weighted by atomic mass is 35.5. The van der Waals surface area contributed by atoms with Crippen LogP contribution in [0.2, 0.25) is 10.0 Å². The second-order valence-corrected chi connectivity index (χ2v) is 4.82. The minimum absolute atomic E-state index is 0.172. The molecule has 1 fully saturated rings. The first-order valence-corrected chi connectivity index (χ1v) is 5.08. The second kappa shape index (κ2) is 3.35. The van der Waals surface area contributed by atoms with Crippen LogP contribution >= 0.6 is 35.8 Å². The van der Waals surface area contributed by atoms with E-state index in [1.54, 1.807) is 6.07 Å². The predicted molar refractivity (Wildman–Crippen MR) is 57.9 cm³/mol. The summed E-state index contributed by atoms with van der Waals surface area (Å²) in [5.41, 5.74) is 1.07. The number of halogens is 2. The molecule has 0 N–H and O–H groups in total. The van der Waals surface area contributed by atoms with Crippen LogP contribution in [0.15, 0.2) is 18.2 Å². The summed E-state index contributed by atoms with van der Waals surface area (Å²) >= 11 is 16.2. The van der Waals surface area contributed by atoms with Crippen LogP contribution in [0.5, 0.6) is 0 Å². The van der Waals surface area contributed by atoms with Gasteiger partial charge in [0.15, 0.2) is 0 Å². The number of hydrogen-bond acceptors (Lipinski definition) is 2. The van der Waals surface area contributed by atoms with Crippen LogP contribution in [0.1, 0.15) is 5.56 Å². The van der Waals surface area contributed by atoms with Crippen molar-refractivity contribution in [3.8, 4) is 0 Å². The summed E-state index contributed by atoms with van der Waals surface area (Å²) < 4.78 is 4.94. The fourth-order valence-corrected chi connectivity index (χ4v) is 1.87. The SMILES string of the molecule is SC1(c2ccc(Cl)c(Cl)c2)COC1. The molecule has 1 aliphatic heterocycles. The molecule has 0 bridgehead atoms. The average Bonchev–Trinajstić information content (AvgIpc) is 2.06. The van der Waals surface area contributed by atoms with Crippen molar-refractivity contribution in [2.24, 2.45) is 0 Å². The maximum Gasteiger partial charge on any atom is 0.0845 e. The molecule has 1 aromatic rings. The van der Waals surface area contributed by atoms with Gasteiger partial charge in [-0.1, -0.05) is 29.3 Å². The van der Waals surface area contributed by atoms with E-state index in [0.717, 1.165) is 5.56 Å².